The van der Waals surface area contributed by atoms with Crippen LogP contribution >= 0.6 is 0 Å². The zero-order valence-corrected chi connectivity index (χ0v) is 7.92. The van der Waals surface area contributed by atoms with Gasteiger partial charge in [-0.05, 0) is 19.8 Å². The third-order valence-corrected chi connectivity index (χ3v) is 2.53. The monoisotopic (exact) mass is 179 g/mol. The number of anilines is 1. The number of aromatic nitrogens is 2. The maximum atomic E-state index is 11.4. The first-order valence-electron chi connectivity index (χ1n) is 4.49. The predicted molar refractivity (Wildman–Crippen MR) is 51.2 cm³/mol. The normalized spacial score (nSPS) is 15.7. The number of nitrogens with zero attached hydrogens (tertiary/aromatic N) is 2. The topological polar surface area (TPSA) is 49.0 Å². The lowest BCUT2D eigenvalue weighted by Crippen LogP contribution is -2.31. The average Bonchev–Trinajstić information content (AvgIpc) is 2.12. The molecule has 0 fully saturated rings. The molecule has 1 aliphatic rings. The summed E-state index contributed by atoms with van der Waals surface area (Å²) in [7, 11) is 2.01. The Kier molecular flexibility index (Phi) is 1.83. The second kappa shape index (κ2) is 2.87. The van der Waals surface area contributed by atoms with Crippen LogP contribution in [0, 0.1) is 6.92 Å². The van der Waals surface area contributed by atoms with Crippen LogP contribution in [0.3, 0.4) is 0 Å². The van der Waals surface area contributed by atoms with Gasteiger partial charge in [-0.15, -0.1) is 0 Å². The summed E-state index contributed by atoms with van der Waals surface area (Å²) >= 11 is 0. The number of H-pyrrole nitrogens is 1. The van der Waals surface area contributed by atoms with Gasteiger partial charge in [0.15, 0.2) is 0 Å². The number of hydrogen-bond acceptors (Lipinski definition) is 3. The SMILES string of the molecule is Cc1n[nH]c(=O)c2c1N(C)CCC2. The summed E-state index contributed by atoms with van der Waals surface area (Å²) in [6, 6.07) is 0. The second-order valence-electron chi connectivity index (χ2n) is 3.49. The highest BCUT2D eigenvalue weighted by molar-refractivity contribution is 5.56. The molecule has 0 radical (unpaired) electrons. The lowest BCUT2D eigenvalue weighted by molar-refractivity contribution is 0.716. The van der Waals surface area contributed by atoms with Crippen molar-refractivity contribution in [3.63, 3.8) is 0 Å². The molecule has 70 valence electrons. The van der Waals surface area contributed by atoms with Crippen molar-refractivity contribution in [3.8, 4) is 0 Å². The Labute approximate surface area is 76.6 Å². The molecule has 13 heavy (non-hydrogen) atoms. The van der Waals surface area contributed by atoms with Gasteiger partial charge in [-0.25, -0.2) is 5.10 Å². The molecule has 4 heteroatoms. The van der Waals surface area contributed by atoms with Crippen LogP contribution in [-0.2, 0) is 6.42 Å². The van der Waals surface area contributed by atoms with Gasteiger partial charge in [0.2, 0.25) is 0 Å². The molecule has 0 bridgehead atoms. The van der Waals surface area contributed by atoms with Crippen molar-refractivity contribution >= 4 is 5.69 Å². The molecule has 4 nitrogen and oxygen atoms in total. The van der Waals surface area contributed by atoms with Crippen molar-refractivity contribution < 1.29 is 0 Å². The standard InChI is InChI=1S/C9H13N3O/c1-6-8-7(9(13)11-10-6)4-3-5-12(8)2/h3-5H2,1-2H3,(H,11,13). The van der Waals surface area contributed by atoms with Gasteiger partial charge in [0.1, 0.15) is 0 Å². The van der Waals surface area contributed by atoms with Crippen LogP contribution in [-0.4, -0.2) is 23.8 Å². The molecule has 0 unspecified atom stereocenters. The molecule has 2 rings (SSSR count). The van der Waals surface area contributed by atoms with E-state index in [9.17, 15) is 4.79 Å². The van der Waals surface area contributed by atoms with E-state index < -0.39 is 0 Å². The van der Waals surface area contributed by atoms with Crippen LogP contribution in [0.2, 0.25) is 0 Å². The molecular weight excluding hydrogens is 166 g/mol. The summed E-state index contributed by atoms with van der Waals surface area (Å²) in [5.74, 6) is 0. The van der Waals surface area contributed by atoms with Crippen LogP contribution in [0.15, 0.2) is 4.79 Å². The molecule has 1 aromatic rings. The number of aromatic amines is 1. The van der Waals surface area contributed by atoms with Gasteiger partial charge in [-0.1, -0.05) is 0 Å². The first-order valence-corrected chi connectivity index (χ1v) is 4.49. The van der Waals surface area contributed by atoms with Gasteiger partial charge in [0.25, 0.3) is 5.56 Å². The van der Waals surface area contributed by atoms with Crippen LogP contribution in [0.4, 0.5) is 5.69 Å². The number of fused-ring (bicyclic) bond motifs is 1. The van der Waals surface area contributed by atoms with E-state index in [-0.39, 0.29) is 5.56 Å². The Morgan fingerprint density at radius 3 is 3.00 bits per heavy atom. The largest absolute Gasteiger partial charge is 0.373 e. The van der Waals surface area contributed by atoms with Gasteiger partial charge in [-0.2, -0.15) is 5.10 Å². The molecule has 0 amide bonds. The fraction of sp³-hybridized carbons (Fsp3) is 0.556. The molecular formula is C9H13N3O. The smallest absolute Gasteiger partial charge is 0.269 e. The molecule has 0 spiro atoms. The first kappa shape index (κ1) is 8.29. The van der Waals surface area contributed by atoms with Crippen molar-refractivity contribution in [1.29, 1.82) is 0 Å². The van der Waals surface area contributed by atoms with Crippen LogP contribution in [0.1, 0.15) is 17.7 Å². The fourth-order valence-corrected chi connectivity index (χ4v) is 1.92. The van der Waals surface area contributed by atoms with Crippen LogP contribution < -0.4 is 10.5 Å². The zero-order chi connectivity index (χ0) is 9.42. The summed E-state index contributed by atoms with van der Waals surface area (Å²) in [4.78, 5) is 13.5. The minimum absolute atomic E-state index is 0.0350. The maximum absolute atomic E-state index is 11.4. The Morgan fingerprint density at radius 2 is 2.31 bits per heavy atom. The van der Waals surface area contributed by atoms with Crippen LogP contribution in [0.25, 0.3) is 0 Å². The van der Waals surface area contributed by atoms with Gasteiger partial charge in [-0.3, -0.25) is 4.79 Å². The van der Waals surface area contributed by atoms with Crippen molar-refractivity contribution in [1.82, 2.24) is 10.2 Å². The Bertz CT molecular complexity index is 383. The molecule has 0 saturated carbocycles. The fourth-order valence-electron chi connectivity index (χ4n) is 1.92. The number of nitrogens with one attached hydrogen (secondary N) is 1. The molecule has 1 N–H and O–H groups in total. The second-order valence-corrected chi connectivity index (χ2v) is 3.49. The zero-order valence-electron chi connectivity index (χ0n) is 7.92. The molecule has 1 aromatic heterocycles. The van der Waals surface area contributed by atoms with Crippen molar-refractivity contribution in [2.45, 2.75) is 19.8 Å². The minimum Gasteiger partial charge on any atom is -0.373 e. The minimum atomic E-state index is -0.0350. The van der Waals surface area contributed by atoms with E-state index in [1.807, 2.05) is 14.0 Å². The summed E-state index contributed by atoms with van der Waals surface area (Å²) in [6.07, 6.45) is 1.92. The van der Waals surface area contributed by atoms with Crippen LogP contribution in [0.5, 0.6) is 0 Å². The Morgan fingerprint density at radius 1 is 1.54 bits per heavy atom. The van der Waals surface area contributed by atoms with Gasteiger partial charge < -0.3 is 4.90 Å². The highest BCUT2D eigenvalue weighted by Crippen LogP contribution is 2.24. The average molecular weight is 179 g/mol. The van der Waals surface area contributed by atoms with Gasteiger partial charge >= 0.3 is 0 Å². The third-order valence-electron chi connectivity index (χ3n) is 2.53. The lowest BCUT2D eigenvalue weighted by Gasteiger charge is -2.27. The van der Waals surface area contributed by atoms with Crippen molar-refractivity contribution in [2.24, 2.45) is 0 Å². The van der Waals surface area contributed by atoms with Crippen molar-refractivity contribution in [2.75, 3.05) is 18.5 Å². The number of aryl methyl sites for hydroxylation is 1. The van der Waals surface area contributed by atoms with Gasteiger partial charge in [0.05, 0.1) is 11.4 Å². The number of hydrogen-bond donors (Lipinski definition) is 1. The molecule has 0 atom stereocenters. The number of rotatable bonds is 0. The van der Waals surface area contributed by atoms with E-state index in [1.165, 1.54) is 0 Å². The molecule has 1 aliphatic heterocycles. The lowest BCUT2D eigenvalue weighted by atomic mass is 10.0. The maximum Gasteiger partial charge on any atom is 0.269 e. The summed E-state index contributed by atoms with van der Waals surface area (Å²) in [5.41, 5.74) is 2.79. The molecule has 2 heterocycles. The van der Waals surface area contributed by atoms with E-state index >= 15 is 0 Å². The third kappa shape index (κ3) is 1.22. The quantitative estimate of drug-likeness (QED) is 0.629. The van der Waals surface area contributed by atoms with E-state index in [0.717, 1.165) is 36.3 Å². The molecule has 0 aliphatic carbocycles. The summed E-state index contributed by atoms with van der Waals surface area (Å²) in [6.45, 7) is 2.94. The van der Waals surface area contributed by atoms with E-state index in [0.29, 0.717) is 0 Å². The predicted octanol–water partition coefficient (Wildman–Crippen LogP) is 0.461. The van der Waals surface area contributed by atoms with E-state index in [2.05, 4.69) is 15.1 Å². The van der Waals surface area contributed by atoms with E-state index in [4.69, 9.17) is 0 Å². The molecule has 0 saturated heterocycles. The van der Waals surface area contributed by atoms with Crippen molar-refractivity contribution in [3.05, 3.63) is 21.6 Å². The summed E-state index contributed by atoms with van der Waals surface area (Å²) < 4.78 is 0. The van der Waals surface area contributed by atoms with Gasteiger partial charge in [0, 0.05) is 19.2 Å². The summed E-state index contributed by atoms with van der Waals surface area (Å²) in [5, 5.41) is 6.48. The highest BCUT2D eigenvalue weighted by atomic mass is 16.1. The Balaban J connectivity index is 2.67. The molecule has 0 aromatic carbocycles. The first-order chi connectivity index (χ1) is 6.20. The Hall–Kier alpha value is -1.32. The highest BCUT2D eigenvalue weighted by Gasteiger charge is 2.19. The van der Waals surface area contributed by atoms with E-state index in [1.54, 1.807) is 0 Å².